The highest BCUT2D eigenvalue weighted by molar-refractivity contribution is 5.94. The smallest absolute Gasteiger partial charge is 0.251 e. The molecule has 1 amide bonds. The highest BCUT2D eigenvalue weighted by Gasteiger charge is 2.08. The number of halogens is 2. The summed E-state index contributed by atoms with van der Waals surface area (Å²) in [7, 11) is 3.88. The van der Waals surface area contributed by atoms with Crippen LogP contribution in [0.3, 0.4) is 0 Å². The number of nitrogens with one attached hydrogen (secondary N) is 1. The maximum atomic E-state index is 12.9. The van der Waals surface area contributed by atoms with Gasteiger partial charge in [0.25, 0.3) is 5.91 Å². The maximum Gasteiger partial charge on any atom is 0.251 e. The van der Waals surface area contributed by atoms with E-state index in [0.717, 1.165) is 25.1 Å². The molecule has 0 saturated carbocycles. The van der Waals surface area contributed by atoms with Crippen molar-refractivity contribution in [3.05, 3.63) is 35.4 Å². The summed E-state index contributed by atoms with van der Waals surface area (Å²) in [5.41, 5.74) is 0.133. The van der Waals surface area contributed by atoms with Crippen LogP contribution in [0.15, 0.2) is 18.2 Å². The van der Waals surface area contributed by atoms with Gasteiger partial charge < -0.3 is 10.2 Å². The average Bonchev–Trinajstić information content (AvgIpc) is 2.27. The molecule has 0 radical (unpaired) electrons. The van der Waals surface area contributed by atoms with Gasteiger partial charge in [0.15, 0.2) is 11.6 Å². The fourth-order valence-electron chi connectivity index (χ4n) is 1.34. The van der Waals surface area contributed by atoms with Crippen LogP contribution in [-0.4, -0.2) is 38.0 Å². The van der Waals surface area contributed by atoms with Crippen molar-refractivity contribution in [2.75, 3.05) is 27.2 Å². The molecular formula is C12H16F2N2O. The first kappa shape index (κ1) is 13.6. The van der Waals surface area contributed by atoms with Crippen LogP contribution >= 0.6 is 0 Å². The number of hydrogen-bond donors (Lipinski definition) is 1. The molecule has 0 bridgehead atoms. The number of amides is 1. The minimum Gasteiger partial charge on any atom is -0.352 e. The Morgan fingerprint density at radius 3 is 2.59 bits per heavy atom. The first-order valence-electron chi connectivity index (χ1n) is 5.38. The van der Waals surface area contributed by atoms with Crippen LogP contribution in [0.5, 0.6) is 0 Å². The first-order valence-corrected chi connectivity index (χ1v) is 5.38. The van der Waals surface area contributed by atoms with E-state index in [1.807, 2.05) is 19.0 Å². The van der Waals surface area contributed by atoms with Gasteiger partial charge in [-0.3, -0.25) is 4.79 Å². The molecule has 1 aromatic rings. The van der Waals surface area contributed by atoms with E-state index in [4.69, 9.17) is 0 Å². The fraction of sp³-hybridized carbons (Fsp3) is 0.417. The number of rotatable bonds is 5. The molecule has 0 saturated heterocycles. The monoisotopic (exact) mass is 242 g/mol. The summed E-state index contributed by atoms with van der Waals surface area (Å²) in [6.07, 6.45) is 0.808. The van der Waals surface area contributed by atoms with Crippen molar-refractivity contribution in [3.63, 3.8) is 0 Å². The molecule has 0 aliphatic carbocycles. The van der Waals surface area contributed by atoms with Crippen molar-refractivity contribution in [3.8, 4) is 0 Å². The topological polar surface area (TPSA) is 32.3 Å². The predicted octanol–water partition coefficient (Wildman–Crippen LogP) is 1.65. The minimum atomic E-state index is -1.01. The van der Waals surface area contributed by atoms with Crippen molar-refractivity contribution >= 4 is 5.91 Å². The van der Waals surface area contributed by atoms with Gasteiger partial charge in [-0.05, 0) is 45.3 Å². The molecule has 94 valence electrons. The highest BCUT2D eigenvalue weighted by Crippen LogP contribution is 2.08. The van der Waals surface area contributed by atoms with E-state index in [0.29, 0.717) is 6.54 Å². The van der Waals surface area contributed by atoms with E-state index in [1.54, 1.807) is 0 Å². The second kappa shape index (κ2) is 6.30. The largest absolute Gasteiger partial charge is 0.352 e. The molecule has 0 atom stereocenters. The number of hydrogen-bond acceptors (Lipinski definition) is 2. The van der Waals surface area contributed by atoms with Crippen LogP contribution in [0.25, 0.3) is 0 Å². The Kier molecular flexibility index (Phi) is 5.03. The van der Waals surface area contributed by atoms with Crippen LogP contribution in [0.4, 0.5) is 8.78 Å². The molecule has 17 heavy (non-hydrogen) atoms. The van der Waals surface area contributed by atoms with E-state index in [2.05, 4.69) is 5.32 Å². The van der Waals surface area contributed by atoms with Crippen molar-refractivity contribution in [2.24, 2.45) is 0 Å². The molecular weight excluding hydrogens is 226 g/mol. The average molecular weight is 242 g/mol. The third-order valence-electron chi connectivity index (χ3n) is 2.25. The Labute approximate surface area is 99.4 Å². The Morgan fingerprint density at radius 2 is 2.00 bits per heavy atom. The van der Waals surface area contributed by atoms with Crippen molar-refractivity contribution in [1.29, 1.82) is 0 Å². The third-order valence-corrected chi connectivity index (χ3v) is 2.25. The molecule has 0 aromatic heterocycles. The molecule has 1 rings (SSSR count). The van der Waals surface area contributed by atoms with E-state index in [9.17, 15) is 13.6 Å². The maximum absolute atomic E-state index is 12.9. The SMILES string of the molecule is CN(C)CCCNC(=O)c1ccc(F)c(F)c1. The standard InChI is InChI=1S/C12H16F2N2O/c1-16(2)7-3-6-15-12(17)9-4-5-10(13)11(14)8-9/h4-5,8H,3,6-7H2,1-2H3,(H,15,17). The van der Waals surface area contributed by atoms with Crippen LogP contribution in [-0.2, 0) is 0 Å². The lowest BCUT2D eigenvalue weighted by Crippen LogP contribution is -2.27. The van der Waals surface area contributed by atoms with Gasteiger partial charge >= 0.3 is 0 Å². The minimum absolute atomic E-state index is 0.133. The van der Waals surface area contributed by atoms with Gasteiger partial charge in [0.2, 0.25) is 0 Å². The number of benzene rings is 1. The Bertz CT molecular complexity index is 394. The number of carbonyl (C=O) groups is 1. The van der Waals surface area contributed by atoms with Gasteiger partial charge in [-0.1, -0.05) is 0 Å². The summed E-state index contributed by atoms with van der Waals surface area (Å²) >= 11 is 0. The predicted molar refractivity (Wildman–Crippen MR) is 61.9 cm³/mol. The molecule has 5 heteroatoms. The summed E-state index contributed by atoms with van der Waals surface area (Å²) in [5, 5.41) is 2.65. The molecule has 0 unspecified atom stereocenters. The second-order valence-corrected chi connectivity index (χ2v) is 4.04. The van der Waals surface area contributed by atoms with Crippen molar-refractivity contribution < 1.29 is 13.6 Å². The zero-order valence-corrected chi connectivity index (χ0v) is 9.96. The Balaban J connectivity index is 2.44. The Morgan fingerprint density at radius 1 is 1.29 bits per heavy atom. The molecule has 3 nitrogen and oxygen atoms in total. The van der Waals surface area contributed by atoms with Crippen molar-refractivity contribution in [2.45, 2.75) is 6.42 Å². The zero-order valence-electron chi connectivity index (χ0n) is 9.96. The van der Waals surface area contributed by atoms with Gasteiger partial charge in [-0.25, -0.2) is 8.78 Å². The lowest BCUT2D eigenvalue weighted by atomic mass is 10.2. The molecule has 0 heterocycles. The van der Waals surface area contributed by atoms with Crippen molar-refractivity contribution in [1.82, 2.24) is 10.2 Å². The van der Waals surface area contributed by atoms with E-state index in [-0.39, 0.29) is 11.5 Å². The lowest BCUT2D eigenvalue weighted by molar-refractivity contribution is 0.0951. The highest BCUT2D eigenvalue weighted by atomic mass is 19.2. The number of carbonyl (C=O) groups excluding carboxylic acids is 1. The van der Waals surface area contributed by atoms with Gasteiger partial charge in [-0.15, -0.1) is 0 Å². The Hall–Kier alpha value is -1.49. The summed E-state index contributed by atoms with van der Waals surface area (Å²) < 4.78 is 25.5. The van der Waals surface area contributed by atoms with E-state index < -0.39 is 11.6 Å². The molecule has 0 fully saturated rings. The summed E-state index contributed by atoms with van der Waals surface area (Å²) in [6, 6.07) is 3.11. The molecule has 0 aliphatic rings. The molecule has 0 aliphatic heterocycles. The van der Waals surface area contributed by atoms with E-state index in [1.165, 1.54) is 6.07 Å². The zero-order chi connectivity index (χ0) is 12.8. The quantitative estimate of drug-likeness (QED) is 0.796. The molecule has 1 aromatic carbocycles. The summed E-state index contributed by atoms with van der Waals surface area (Å²) in [6.45, 7) is 1.37. The van der Waals surface area contributed by atoms with Gasteiger partial charge in [0, 0.05) is 12.1 Å². The number of nitrogens with zero attached hydrogens (tertiary/aromatic N) is 1. The molecule has 0 spiro atoms. The normalized spacial score (nSPS) is 10.6. The second-order valence-electron chi connectivity index (χ2n) is 4.04. The van der Waals surface area contributed by atoms with Crippen LogP contribution < -0.4 is 5.32 Å². The van der Waals surface area contributed by atoms with Crippen LogP contribution in [0.2, 0.25) is 0 Å². The van der Waals surface area contributed by atoms with Gasteiger partial charge in [-0.2, -0.15) is 0 Å². The molecule has 1 N–H and O–H groups in total. The fourth-order valence-corrected chi connectivity index (χ4v) is 1.34. The first-order chi connectivity index (χ1) is 8.00. The summed E-state index contributed by atoms with van der Waals surface area (Å²) in [4.78, 5) is 13.5. The van der Waals surface area contributed by atoms with E-state index >= 15 is 0 Å². The lowest BCUT2D eigenvalue weighted by Gasteiger charge is -2.09. The van der Waals surface area contributed by atoms with Gasteiger partial charge in [0.05, 0.1) is 0 Å². The van der Waals surface area contributed by atoms with Gasteiger partial charge in [0.1, 0.15) is 0 Å². The third kappa shape index (κ3) is 4.48. The van der Waals surface area contributed by atoms with Crippen LogP contribution in [0, 0.1) is 11.6 Å². The summed E-state index contributed by atoms with van der Waals surface area (Å²) in [5.74, 6) is -2.34. The van der Waals surface area contributed by atoms with Crippen LogP contribution in [0.1, 0.15) is 16.8 Å².